The van der Waals surface area contributed by atoms with E-state index < -0.39 is 42.5 Å². The van der Waals surface area contributed by atoms with Crippen LogP contribution < -0.4 is 5.32 Å². The zero-order valence-corrected chi connectivity index (χ0v) is 11.3. The van der Waals surface area contributed by atoms with Gasteiger partial charge in [0.1, 0.15) is 0 Å². The van der Waals surface area contributed by atoms with Crippen molar-refractivity contribution >= 4 is 11.9 Å². The molecule has 2 fully saturated rings. The van der Waals surface area contributed by atoms with Crippen molar-refractivity contribution in [1.29, 1.82) is 0 Å². The SMILES string of the molecule is O=C(O)CC1COCCN1C(=O)C1(C(F)(F)F)CCNC1. The Morgan fingerprint density at radius 3 is 2.67 bits per heavy atom. The summed E-state index contributed by atoms with van der Waals surface area (Å²) in [6.45, 7) is -0.317. The van der Waals surface area contributed by atoms with Crippen LogP contribution in [0.1, 0.15) is 12.8 Å². The standard InChI is InChI=1S/C12H17F3N2O4/c13-12(14,15)11(1-2-16-7-11)10(20)17-3-4-21-6-8(17)5-9(18)19/h8,16H,1-7H2,(H,18,19). The minimum atomic E-state index is -4.67. The largest absolute Gasteiger partial charge is 0.481 e. The van der Waals surface area contributed by atoms with E-state index in [0.29, 0.717) is 0 Å². The van der Waals surface area contributed by atoms with E-state index in [1.807, 2.05) is 0 Å². The fourth-order valence-corrected chi connectivity index (χ4v) is 2.81. The number of alkyl halides is 3. The lowest BCUT2D eigenvalue weighted by atomic mass is 9.83. The molecule has 1 amide bonds. The number of morpholine rings is 1. The first kappa shape index (κ1) is 16.0. The number of carboxylic acids is 1. The Kier molecular flexibility index (Phi) is 4.43. The highest BCUT2D eigenvalue weighted by atomic mass is 19.4. The lowest BCUT2D eigenvalue weighted by Gasteiger charge is -2.41. The molecule has 2 rings (SSSR count). The van der Waals surface area contributed by atoms with Crippen molar-refractivity contribution in [1.82, 2.24) is 10.2 Å². The predicted molar refractivity (Wildman–Crippen MR) is 64.5 cm³/mol. The predicted octanol–water partition coefficient (Wildman–Crippen LogP) is 0.230. The molecule has 2 aliphatic rings. The molecule has 0 saturated carbocycles. The Bertz CT molecular complexity index is 421. The normalized spacial score (nSPS) is 30.4. The molecular weight excluding hydrogens is 293 g/mol. The second-order valence-electron chi connectivity index (χ2n) is 5.33. The summed E-state index contributed by atoms with van der Waals surface area (Å²) in [5.74, 6) is -2.22. The van der Waals surface area contributed by atoms with Gasteiger partial charge in [-0.1, -0.05) is 0 Å². The van der Waals surface area contributed by atoms with Crippen LogP contribution in [0.4, 0.5) is 13.2 Å². The van der Waals surface area contributed by atoms with Gasteiger partial charge in [-0.3, -0.25) is 9.59 Å². The first-order chi connectivity index (χ1) is 9.78. The van der Waals surface area contributed by atoms with Crippen molar-refractivity contribution in [2.75, 3.05) is 32.8 Å². The summed E-state index contributed by atoms with van der Waals surface area (Å²) in [6.07, 6.45) is -5.42. The van der Waals surface area contributed by atoms with Crippen molar-refractivity contribution in [3.8, 4) is 0 Å². The third kappa shape index (κ3) is 2.98. The Morgan fingerprint density at radius 2 is 2.14 bits per heavy atom. The number of carbonyl (C=O) groups excluding carboxylic acids is 1. The van der Waals surface area contributed by atoms with Crippen LogP contribution >= 0.6 is 0 Å². The molecule has 0 radical (unpaired) electrons. The first-order valence-electron chi connectivity index (χ1n) is 6.66. The molecule has 9 heteroatoms. The van der Waals surface area contributed by atoms with Gasteiger partial charge >= 0.3 is 12.1 Å². The average molecular weight is 310 g/mol. The number of nitrogens with zero attached hydrogens (tertiary/aromatic N) is 1. The number of carbonyl (C=O) groups is 2. The summed E-state index contributed by atoms with van der Waals surface area (Å²) >= 11 is 0. The second kappa shape index (κ2) is 5.80. The van der Waals surface area contributed by atoms with E-state index in [0.717, 1.165) is 4.90 Å². The zero-order chi connectivity index (χ0) is 15.7. The Labute approximate surface area is 119 Å². The van der Waals surface area contributed by atoms with Crippen LogP contribution in [-0.4, -0.2) is 66.9 Å². The van der Waals surface area contributed by atoms with Gasteiger partial charge in [0.2, 0.25) is 5.91 Å². The first-order valence-corrected chi connectivity index (χ1v) is 6.66. The van der Waals surface area contributed by atoms with Gasteiger partial charge in [0, 0.05) is 13.1 Å². The van der Waals surface area contributed by atoms with Crippen LogP contribution in [0.5, 0.6) is 0 Å². The van der Waals surface area contributed by atoms with Gasteiger partial charge < -0.3 is 20.1 Å². The summed E-state index contributed by atoms with van der Waals surface area (Å²) in [5, 5.41) is 11.4. The van der Waals surface area contributed by atoms with Crippen LogP contribution in [0.25, 0.3) is 0 Å². The number of aliphatic carboxylic acids is 1. The van der Waals surface area contributed by atoms with Crippen molar-refractivity contribution in [3.05, 3.63) is 0 Å². The van der Waals surface area contributed by atoms with Crippen molar-refractivity contribution in [2.45, 2.75) is 25.1 Å². The molecule has 2 saturated heterocycles. The summed E-state index contributed by atoms with van der Waals surface area (Å²) in [6, 6.07) is -0.858. The van der Waals surface area contributed by atoms with E-state index in [2.05, 4.69) is 5.32 Å². The highest BCUT2D eigenvalue weighted by Crippen LogP contribution is 2.45. The summed E-state index contributed by atoms with van der Waals surface area (Å²) in [7, 11) is 0. The number of hydrogen-bond acceptors (Lipinski definition) is 4. The fraction of sp³-hybridized carbons (Fsp3) is 0.833. The third-order valence-corrected chi connectivity index (χ3v) is 4.01. The summed E-state index contributed by atoms with van der Waals surface area (Å²) in [5.41, 5.74) is -2.46. The van der Waals surface area contributed by atoms with Crippen LogP contribution in [0, 0.1) is 5.41 Å². The summed E-state index contributed by atoms with van der Waals surface area (Å²) < 4.78 is 45.2. The van der Waals surface area contributed by atoms with E-state index >= 15 is 0 Å². The van der Waals surface area contributed by atoms with Crippen molar-refractivity contribution in [2.24, 2.45) is 5.41 Å². The highest BCUT2D eigenvalue weighted by Gasteiger charge is 2.63. The molecule has 2 atom stereocenters. The lowest BCUT2D eigenvalue weighted by Crippen LogP contribution is -2.59. The zero-order valence-electron chi connectivity index (χ0n) is 11.3. The fourth-order valence-electron chi connectivity index (χ4n) is 2.81. The lowest BCUT2D eigenvalue weighted by molar-refractivity contribution is -0.225. The van der Waals surface area contributed by atoms with E-state index in [1.54, 1.807) is 0 Å². The minimum absolute atomic E-state index is 0.0192. The second-order valence-corrected chi connectivity index (χ2v) is 5.33. The van der Waals surface area contributed by atoms with Crippen LogP contribution in [-0.2, 0) is 14.3 Å². The molecule has 0 aliphatic carbocycles. The maximum atomic E-state index is 13.4. The van der Waals surface area contributed by atoms with Crippen LogP contribution in [0.15, 0.2) is 0 Å². The highest BCUT2D eigenvalue weighted by molar-refractivity contribution is 5.85. The summed E-state index contributed by atoms with van der Waals surface area (Å²) in [4.78, 5) is 24.3. The Morgan fingerprint density at radius 1 is 1.43 bits per heavy atom. The number of ether oxygens (including phenoxy) is 1. The number of amides is 1. The number of halogens is 3. The molecule has 120 valence electrons. The van der Waals surface area contributed by atoms with Gasteiger partial charge in [-0.05, 0) is 13.0 Å². The van der Waals surface area contributed by atoms with E-state index in [-0.39, 0.29) is 32.7 Å². The van der Waals surface area contributed by atoms with E-state index in [1.165, 1.54) is 0 Å². The molecule has 21 heavy (non-hydrogen) atoms. The molecule has 6 nitrogen and oxygen atoms in total. The van der Waals surface area contributed by atoms with Gasteiger partial charge in [0.15, 0.2) is 5.41 Å². The maximum absolute atomic E-state index is 13.4. The average Bonchev–Trinajstić information content (AvgIpc) is 2.88. The molecule has 0 aromatic heterocycles. The smallest absolute Gasteiger partial charge is 0.404 e. The Balaban J connectivity index is 2.24. The van der Waals surface area contributed by atoms with Crippen molar-refractivity contribution < 1.29 is 32.6 Å². The molecule has 2 aliphatic heterocycles. The van der Waals surface area contributed by atoms with Gasteiger partial charge in [-0.25, -0.2) is 0 Å². The van der Waals surface area contributed by atoms with Gasteiger partial charge in [-0.15, -0.1) is 0 Å². The number of nitrogens with one attached hydrogen (secondary N) is 1. The molecule has 0 spiro atoms. The molecule has 0 aromatic carbocycles. The number of carboxylic acid groups (broad SMARTS) is 1. The van der Waals surface area contributed by atoms with Gasteiger partial charge in [-0.2, -0.15) is 13.2 Å². The van der Waals surface area contributed by atoms with E-state index in [9.17, 15) is 22.8 Å². The monoisotopic (exact) mass is 310 g/mol. The quantitative estimate of drug-likeness (QED) is 0.780. The molecule has 2 unspecified atom stereocenters. The van der Waals surface area contributed by atoms with Gasteiger partial charge in [0.05, 0.1) is 25.7 Å². The van der Waals surface area contributed by atoms with Gasteiger partial charge in [0.25, 0.3) is 0 Å². The minimum Gasteiger partial charge on any atom is -0.481 e. The molecule has 0 bridgehead atoms. The third-order valence-electron chi connectivity index (χ3n) is 4.01. The number of rotatable bonds is 3. The van der Waals surface area contributed by atoms with Crippen LogP contribution in [0.2, 0.25) is 0 Å². The topological polar surface area (TPSA) is 78.9 Å². The molecule has 2 N–H and O–H groups in total. The number of hydrogen-bond donors (Lipinski definition) is 2. The van der Waals surface area contributed by atoms with E-state index in [4.69, 9.17) is 9.84 Å². The molecular formula is C12H17F3N2O4. The maximum Gasteiger partial charge on any atom is 0.404 e. The molecule has 2 heterocycles. The van der Waals surface area contributed by atoms with Crippen LogP contribution in [0.3, 0.4) is 0 Å². The van der Waals surface area contributed by atoms with Crippen molar-refractivity contribution in [3.63, 3.8) is 0 Å². The molecule has 0 aromatic rings. The Hall–Kier alpha value is -1.35.